The number of rotatable bonds is 2. The van der Waals surface area contributed by atoms with Crippen LogP contribution < -0.4 is 5.32 Å². The van der Waals surface area contributed by atoms with Crippen LogP contribution in [0.25, 0.3) is 21.1 Å². The highest BCUT2D eigenvalue weighted by Crippen LogP contribution is 2.34. The molecule has 0 radical (unpaired) electrons. The van der Waals surface area contributed by atoms with Crippen LogP contribution in [0.15, 0.2) is 35.0 Å². The molecule has 1 N–H and O–H groups in total. The zero-order valence-corrected chi connectivity index (χ0v) is 28.4. The Bertz CT molecular complexity index is 1440. The van der Waals surface area contributed by atoms with Crippen molar-refractivity contribution in [1.29, 1.82) is 0 Å². The van der Waals surface area contributed by atoms with Crippen molar-refractivity contribution in [2.45, 2.75) is 78.2 Å². The molecule has 2 aliphatic rings. The Labute approximate surface area is 265 Å². The summed E-state index contributed by atoms with van der Waals surface area (Å²) in [6.07, 6.45) is 1.62. The third-order valence-electron chi connectivity index (χ3n) is 7.16. The second kappa shape index (κ2) is 13.4. The molecule has 12 heteroatoms. The molecule has 0 aromatic carbocycles. The summed E-state index contributed by atoms with van der Waals surface area (Å²) >= 11 is 3.43. The highest BCUT2D eigenvalue weighted by atomic mass is 32.1. The van der Waals surface area contributed by atoms with Crippen molar-refractivity contribution in [2.75, 3.05) is 0 Å². The van der Waals surface area contributed by atoms with Gasteiger partial charge in [-0.05, 0) is 57.5 Å². The molecular weight excluding hydrogens is 593 g/mol. The van der Waals surface area contributed by atoms with Gasteiger partial charge >= 0.3 is 6.09 Å². The van der Waals surface area contributed by atoms with Gasteiger partial charge in [-0.3, -0.25) is 9.36 Å². The van der Waals surface area contributed by atoms with Gasteiger partial charge in [0.2, 0.25) is 0 Å². The SMILES string of the molecule is C[C@H]1Cc2c(c(-c3cccs3)nn2C)CN1.C[C@H]1Cc2c(c(-c3cccs3)nn2C)CN1C(=O)OC(C)(C)C.S.S. The van der Waals surface area contributed by atoms with E-state index in [1.807, 2.05) is 60.6 Å². The van der Waals surface area contributed by atoms with Crippen molar-refractivity contribution in [3.63, 3.8) is 0 Å². The molecular formula is C29H42N6O2S4. The van der Waals surface area contributed by atoms with Crippen LogP contribution in [0.2, 0.25) is 0 Å². The molecule has 6 rings (SSSR count). The summed E-state index contributed by atoms with van der Waals surface area (Å²) in [4.78, 5) is 16.7. The zero-order chi connectivity index (χ0) is 27.9. The molecule has 0 bridgehead atoms. The fourth-order valence-electron chi connectivity index (χ4n) is 5.21. The number of thiophene rings is 2. The van der Waals surface area contributed by atoms with Gasteiger partial charge in [-0.1, -0.05) is 12.1 Å². The van der Waals surface area contributed by atoms with Gasteiger partial charge in [0.05, 0.1) is 16.3 Å². The van der Waals surface area contributed by atoms with E-state index in [0.717, 1.165) is 41.2 Å². The van der Waals surface area contributed by atoms with E-state index in [4.69, 9.17) is 4.74 Å². The first-order valence-electron chi connectivity index (χ1n) is 13.4. The summed E-state index contributed by atoms with van der Waals surface area (Å²) in [7, 11) is 4.03. The lowest BCUT2D eigenvalue weighted by molar-refractivity contribution is 0.0136. The van der Waals surface area contributed by atoms with Gasteiger partial charge in [0.1, 0.15) is 17.0 Å². The van der Waals surface area contributed by atoms with Gasteiger partial charge in [0.15, 0.2) is 0 Å². The maximum atomic E-state index is 12.5. The maximum absolute atomic E-state index is 12.5. The van der Waals surface area contributed by atoms with Crippen LogP contribution in [-0.2, 0) is 44.8 Å². The van der Waals surface area contributed by atoms with Crippen LogP contribution in [0, 0.1) is 0 Å². The molecule has 4 aromatic rings. The number of nitrogens with one attached hydrogen (secondary N) is 1. The highest BCUT2D eigenvalue weighted by molar-refractivity contribution is 7.59. The topological polar surface area (TPSA) is 77.2 Å². The largest absolute Gasteiger partial charge is 0.444 e. The molecule has 1 amide bonds. The van der Waals surface area contributed by atoms with Gasteiger partial charge in [-0.15, -0.1) is 22.7 Å². The van der Waals surface area contributed by atoms with Gasteiger partial charge < -0.3 is 15.0 Å². The van der Waals surface area contributed by atoms with E-state index in [2.05, 4.69) is 52.9 Å². The second-order valence-corrected chi connectivity index (χ2v) is 13.3. The Hall–Kier alpha value is -2.25. The summed E-state index contributed by atoms with van der Waals surface area (Å²) in [5, 5.41) is 17.0. The van der Waals surface area contributed by atoms with Crippen molar-refractivity contribution in [3.8, 4) is 21.1 Å². The number of fused-ring (bicyclic) bond motifs is 2. The summed E-state index contributed by atoms with van der Waals surface area (Å²) in [6, 6.07) is 8.98. The number of aromatic nitrogens is 4. The number of amides is 1. The molecule has 0 saturated heterocycles. The van der Waals surface area contributed by atoms with Crippen molar-refractivity contribution in [1.82, 2.24) is 29.8 Å². The molecule has 4 aromatic heterocycles. The number of aryl methyl sites for hydroxylation is 2. The van der Waals surface area contributed by atoms with Crippen LogP contribution >= 0.6 is 49.7 Å². The van der Waals surface area contributed by atoms with E-state index in [0.29, 0.717) is 12.6 Å². The smallest absolute Gasteiger partial charge is 0.410 e. The second-order valence-electron chi connectivity index (χ2n) is 11.4. The minimum Gasteiger partial charge on any atom is -0.444 e. The van der Waals surface area contributed by atoms with E-state index in [1.54, 1.807) is 22.7 Å². The van der Waals surface area contributed by atoms with Crippen LogP contribution in [0.3, 0.4) is 0 Å². The first-order valence-corrected chi connectivity index (χ1v) is 15.2. The number of ether oxygens (including phenoxy) is 1. The molecule has 0 fully saturated rings. The first kappa shape index (κ1) is 33.3. The van der Waals surface area contributed by atoms with Crippen molar-refractivity contribution in [3.05, 3.63) is 57.5 Å². The molecule has 0 spiro atoms. The Morgan fingerprint density at radius 3 is 1.98 bits per heavy atom. The number of nitrogens with zero attached hydrogens (tertiary/aromatic N) is 5. The van der Waals surface area contributed by atoms with E-state index >= 15 is 0 Å². The third kappa shape index (κ3) is 7.22. The molecule has 224 valence electrons. The minimum atomic E-state index is -0.484. The van der Waals surface area contributed by atoms with Gasteiger partial charge in [-0.2, -0.15) is 37.2 Å². The van der Waals surface area contributed by atoms with E-state index in [-0.39, 0.29) is 39.1 Å². The van der Waals surface area contributed by atoms with Gasteiger partial charge in [0, 0.05) is 68.1 Å². The molecule has 41 heavy (non-hydrogen) atoms. The monoisotopic (exact) mass is 634 g/mol. The van der Waals surface area contributed by atoms with Crippen molar-refractivity contribution < 1.29 is 9.53 Å². The lowest BCUT2D eigenvalue weighted by atomic mass is 9.99. The summed E-state index contributed by atoms with van der Waals surface area (Å²) in [5.41, 5.74) is 6.77. The fraction of sp³-hybridized carbons (Fsp3) is 0.483. The Balaban J connectivity index is 0.000000227. The molecule has 2 aliphatic heterocycles. The predicted molar refractivity (Wildman–Crippen MR) is 179 cm³/mol. The van der Waals surface area contributed by atoms with E-state index in [9.17, 15) is 4.79 Å². The van der Waals surface area contributed by atoms with Crippen molar-refractivity contribution in [2.24, 2.45) is 14.1 Å². The minimum absolute atomic E-state index is 0. The Kier molecular flexibility index (Phi) is 10.8. The number of carbonyl (C=O) groups excluding carboxylic acids is 1. The van der Waals surface area contributed by atoms with Crippen LogP contribution in [0.4, 0.5) is 4.79 Å². The summed E-state index contributed by atoms with van der Waals surface area (Å²) in [5.74, 6) is 0. The van der Waals surface area contributed by atoms with Gasteiger partial charge in [-0.25, -0.2) is 4.79 Å². The zero-order valence-electron chi connectivity index (χ0n) is 24.8. The quantitative estimate of drug-likeness (QED) is 0.283. The average molecular weight is 635 g/mol. The predicted octanol–water partition coefficient (Wildman–Crippen LogP) is 6.24. The molecule has 6 heterocycles. The first-order chi connectivity index (χ1) is 18.5. The Morgan fingerprint density at radius 1 is 0.927 bits per heavy atom. The normalized spacial score (nSPS) is 17.8. The lowest BCUT2D eigenvalue weighted by Gasteiger charge is -2.35. The molecule has 2 atom stereocenters. The van der Waals surface area contributed by atoms with Crippen LogP contribution in [0.1, 0.15) is 57.1 Å². The van der Waals surface area contributed by atoms with E-state index in [1.165, 1.54) is 21.8 Å². The maximum Gasteiger partial charge on any atom is 0.410 e. The summed E-state index contributed by atoms with van der Waals surface area (Å²) in [6.45, 7) is 11.5. The standard InChI is InChI=1S/C17H23N3O2S.C12H15N3S.2H2S/c1-11-9-13-12(10-20(11)16(21)22-17(2,3)4)15(18-19(13)5)14-7-6-8-23-14;1-8-6-10-9(7-13-8)12(14-15(10)2)11-4-3-5-16-11;;/h6-8,11H,9-10H2,1-5H3;3-5,8,13H,6-7H2,1-2H3;2*1H2/t11-;8-;;/m00../s1. The number of hydrogen-bond acceptors (Lipinski definition) is 7. The molecule has 0 unspecified atom stereocenters. The molecule has 0 saturated carbocycles. The fourth-order valence-corrected chi connectivity index (χ4v) is 6.68. The molecule has 8 nitrogen and oxygen atoms in total. The lowest BCUT2D eigenvalue weighted by Crippen LogP contribution is -2.45. The van der Waals surface area contributed by atoms with Crippen LogP contribution in [0.5, 0.6) is 0 Å². The molecule has 0 aliphatic carbocycles. The Morgan fingerprint density at radius 2 is 1.46 bits per heavy atom. The highest BCUT2D eigenvalue weighted by Gasteiger charge is 2.34. The van der Waals surface area contributed by atoms with Crippen molar-refractivity contribution >= 4 is 55.8 Å². The van der Waals surface area contributed by atoms with Crippen LogP contribution in [-0.4, -0.2) is 48.2 Å². The number of hydrogen-bond donors (Lipinski definition) is 1. The third-order valence-corrected chi connectivity index (χ3v) is 8.92. The average Bonchev–Trinajstić information content (AvgIpc) is 3.66. The summed E-state index contributed by atoms with van der Waals surface area (Å²) < 4.78 is 9.56. The number of carbonyl (C=O) groups is 1. The van der Waals surface area contributed by atoms with E-state index < -0.39 is 5.60 Å². The van der Waals surface area contributed by atoms with Gasteiger partial charge in [0.25, 0.3) is 0 Å².